The van der Waals surface area contributed by atoms with Crippen molar-refractivity contribution in [1.82, 2.24) is 15.0 Å². The van der Waals surface area contributed by atoms with Gasteiger partial charge in [0.15, 0.2) is 0 Å². The van der Waals surface area contributed by atoms with Gasteiger partial charge in [0.25, 0.3) is 5.91 Å². The fourth-order valence-electron chi connectivity index (χ4n) is 4.68. The van der Waals surface area contributed by atoms with E-state index in [9.17, 15) is 22.4 Å². The molecule has 2 bridgehead atoms. The van der Waals surface area contributed by atoms with Gasteiger partial charge in [-0.3, -0.25) is 9.59 Å². The van der Waals surface area contributed by atoms with E-state index in [0.29, 0.717) is 5.92 Å². The average molecular weight is 509 g/mol. The maximum Gasteiger partial charge on any atom is 0.251 e. The molecule has 186 valence electrons. The smallest absolute Gasteiger partial charge is 0.251 e. The van der Waals surface area contributed by atoms with Gasteiger partial charge in [0, 0.05) is 23.7 Å². The number of pyridine rings is 1. The molecule has 2 aromatic carbocycles. The maximum atomic E-state index is 13.2. The third-order valence-electron chi connectivity index (χ3n) is 6.70. The summed E-state index contributed by atoms with van der Waals surface area (Å²) in [5, 5.41) is 5.34. The Morgan fingerprint density at radius 1 is 1.00 bits per heavy atom. The number of benzene rings is 2. The van der Waals surface area contributed by atoms with E-state index in [4.69, 9.17) is 0 Å². The van der Waals surface area contributed by atoms with E-state index in [1.54, 1.807) is 0 Å². The lowest BCUT2D eigenvalue weighted by Gasteiger charge is -2.61. The van der Waals surface area contributed by atoms with E-state index in [1.807, 2.05) is 30.3 Å². The van der Waals surface area contributed by atoms with Gasteiger partial charge >= 0.3 is 0 Å². The van der Waals surface area contributed by atoms with Crippen molar-refractivity contribution in [2.45, 2.75) is 42.2 Å². The number of halogens is 1. The Morgan fingerprint density at radius 3 is 2.28 bits per heavy atom. The molecule has 0 saturated heterocycles. The van der Waals surface area contributed by atoms with Crippen LogP contribution < -0.4 is 15.4 Å². The largest absolute Gasteiger partial charge is 0.340 e. The molecular weight excluding hydrogens is 483 g/mol. The van der Waals surface area contributed by atoms with Crippen LogP contribution in [0.5, 0.6) is 0 Å². The molecule has 3 aliphatic carbocycles. The molecular formula is C26H25FN4O4S. The molecule has 3 aliphatic rings. The first-order valence-electron chi connectivity index (χ1n) is 11.6. The maximum absolute atomic E-state index is 13.2. The molecule has 1 aromatic heterocycles. The fourth-order valence-corrected chi connectivity index (χ4v) is 6.05. The van der Waals surface area contributed by atoms with E-state index in [1.165, 1.54) is 42.6 Å². The second-order valence-electron chi connectivity index (χ2n) is 9.46. The van der Waals surface area contributed by atoms with Crippen molar-refractivity contribution in [1.29, 1.82) is 0 Å². The minimum absolute atomic E-state index is 0.0238. The summed E-state index contributed by atoms with van der Waals surface area (Å²) in [6.07, 6.45) is 4.03. The van der Waals surface area contributed by atoms with Crippen molar-refractivity contribution in [3.63, 3.8) is 0 Å². The molecule has 0 aliphatic heterocycles. The third-order valence-corrected chi connectivity index (χ3v) is 8.26. The molecule has 0 radical (unpaired) electrons. The minimum Gasteiger partial charge on any atom is -0.340 e. The monoisotopic (exact) mass is 508 g/mol. The highest BCUT2D eigenvalue weighted by Gasteiger charge is 2.58. The third kappa shape index (κ3) is 5.14. The van der Waals surface area contributed by atoms with Gasteiger partial charge in [-0.15, -0.1) is 0 Å². The Labute approximate surface area is 208 Å². The van der Waals surface area contributed by atoms with Gasteiger partial charge in [-0.25, -0.2) is 22.5 Å². The lowest BCUT2D eigenvalue weighted by Crippen LogP contribution is -2.67. The molecule has 36 heavy (non-hydrogen) atoms. The zero-order valence-electron chi connectivity index (χ0n) is 19.3. The number of rotatable bonds is 9. The Balaban J connectivity index is 1.28. The van der Waals surface area contributed by atoms with E-state index in [2.05, 4.69) is 20.3 Å². The molecule has 3 aromatic rings. The molecule has 8 nitrogen and oxygen atoms in total. The average Bonchev–Trinajstić information content (AvgIpc) is 2.82. The van der Waals surface area contributed by atoms with Crippen molar-refractivity contribution in [3.05, 3.63) is 89.9 Å². The zero-order chi connectivity index (χ0) is 25.3. The second-order valence-corrected chi connectivity index (χ2v) is 11.1. The quantitative estimate of drug-likeness (QED) is 0.411. The summed E-state index contributed by atoms with van der Waals surface area (Å²) >= 11 is 0. The van der Waals surface area contributed by atoms with Crippen LogP contribution in [-0.4, -0.2) is 36.8 Å². The number of carbonyl (C=O) groups excluding carboxylic acids is 2. The van der Waals surface area contributed by atoms with Crippen LogP contribution in [0.25, 0.3) is 0 Å². The standard InChI is InChI=1S/C26H25FN4O4S/c27-20-8-6-19(7-9-20)24(32)29-22(12-17-4-2-1-3-5-17)25(33)30-23-11-10-21(16-28-23)36(34,35)31-26-13-18(14-26)15-26/h1-11,16,18,22,31H,12-15H2,(H,29,32)(H,28,30,33)/t18?,22-,26?/m0/s1. The zero-order valence-corrected chi connectivity index (χ0v) is 20.1. The van der Waals surface area contributed by atoms with Gasteiger partial charge in [-0.05, 0) is 67.1 Å². The van der Waals surface area contributed by atoms with Crippen molar-refractivity contribution in [3.8, 4) is 0 Å². The summed E-state index contributed by atoms with van der Waals surface area (Å²) in [5.74, 6) is -0.736. The van der Waals surface area contributed by atoms with Crippen LogP contribution in [0.4, 0.5) is 10.2 Å². The molecule has 0 unspecified atom stereocenters. The predicted molar refractivity (Wildman–Crippen MR) is 131 cm³/mol. The number of carbonyl (C=O) groups is 2. The SMILES string of the molecule is O=C(N[C@@H](Cc1ccccc1)C(=O)Nc1ccc(S(=O)(=O)NC23CC(C2)C3)cn1)c1ccc(F)cc1. The summed E-state index contributed by atoms with van der Waals surface area (Å²) in [7, 11) is -3.70. The number of nitrogens with zero attached hydrogens (tertiary/aromatic N) is 1. The topological polar surface area (TPSA) is 117 Å². The first kappa shape index (κ1) is 24.1. The van der Waals surface area contributed by atoms with Crippen molar-refractivity contribution >= 4 is 27.7 Å². The molecule has 1 heterocycles. The highest BCUT2D eigenvalue weighted by atomic mass is 32.2. The van der Waals surface area contributed by atoms with Crippen molar-refractivity contribution < 1.29 is 22.4 Å². The number of aromatic nitrogens is 1. The van der Waals surface area contributed by atoms with Crippen LogP contribution in [-0.2, 0) is 21.2 Å². The predicted octanol–water partition coefficient (Wildman–Crippen LogP) is 3.03. The Kier molecular flexibility index (Phi) is 6.31. The molecule has 0 spiro atoms. The fraction of sp³-hybridized carbons (Fsp3) is 0.269. The summed E-state index contributed by atoms with van der Waals surface area (Å²) in [6, 6.07) is 16.0. The van der Waals surface area contributed by atoms with Gasteiger partial charge in [0.05, 0.1) is 0 Å². The summed E-state index contributed by atoms with van der Waals surface area (Å²) in [6.45, 7) is 0. The van der Waals surface area contributed by atoms with Gasteiger partial charge in [-0.2, -0.15) is 0 Å². The lowest BCUT2D eigenvalue weighted by atomic mass is 9.50. The number of hydrogen-bond donors (Lipinski definition) is 3. The Bertz CT molecular complexity index is 1360. The van der Waals surface area contributed by atoms with Crippen LogP contribution >= 0.6 is 0 Å². The highest BCUT2D eigenvalue weighted by Crippen LogP contribution is 2.57. The van der Waals surface area contributed by atoms with Gasteiger partial charge < -0.3 is 10.6 Å². The molecule has 1 atom stereocenters. The molecule has 2 amide bonds. The van der Waals surface area contributed by atoms with E-state index in [0.717, 1.165) is 24.8 Å². The van der Waals surface area contributed by atoms with E-state index >= 15 is 0 Å². The van der Waals surface area contributed by atoms with Gasteiger partial charge in [-0.1, -0.05) is 30.3 Å². The van der Waals surface area contributed by atoms with Gasteiger partial charge in [0.2, 0.25) is 15.9 Å². The normalized spacial score (nSPS) is 21.0. The number of nitrogens with one attached hydrogen (secondary N) is 3. The molecule has 3 N–H and O–H groups in total. The van der Waals surface area contributed by atoms with Gasteiger partial charge in [0.1, 0.15) is 22.6 Å². The summed E-state index contributed by atoms with van der Waals surface area (Å²) < 4.78 is 41.4. The molecule has 6 rings (SSSR count). The minimum atomic E-state index is -3.70. The summed E-state index contributed by atoms with van der Waals surface area (Å²) in [5.41, 5.74) is 0.737. The van der Waals surface area contributed by atoms with Crippen molar-refractivity contribution in [2.75, 3.05) is 5.32 Å². The molecule has 10 heteroatoms. The van der Waals surface area contributed by atoms with Crippen LogP contribution in [0, 0.1) is 11.7 Å². The molecule has 3 fully saturated rings. The number of sulfonamides is 1. The number of amides is 2. The number of hydrogen-bond acceptors (Lipinski definition) is 5. The first-order chi connectivity index (χ1) is 17.2. The molecule has 3 saturated carbocycles. The Morgan fingerprint density at radius 2 is 1.69 bits per heavy atom. The summed E-state index contributed by atoms with van der Waals surface area (Å²) in [4.78, 5) is 29.9. The van der Waals surface area contributed by atoms with E-state index in [-0.39, 0.29) is 28.2 Å². The van der Waals surface area contributed by atoms with Crippen LogP contribution in [0.1, 0.15) is 35.2 Å². The first-order valence-corrected chi connectivity index (χ1v) is 13.1. The Hall–Kier alpha value is -3.63. The van der Waals surface area contributed by atoms with Crippen LogP contribution in [0.15, 0.2) is 77.8 Å². The van der Waals surface area contributed by atoms with E-state index < -0.39 is 33.7 Å². The van der Waals surface area contributed by atoms with Crippen molar-refractivity contribution in [2.24, 2.45) is 5.92 Å². The van der Waals surface area contributed by atoms with Crippen LogP contribution in [0.2, 0.25) is 0 Å². The highest BCUT2D eigenvalue weighted by molar-refractivity contribution is 7.89. The lowest BCUT2D eigenvalue weighted by molar-refractivity contribution is -0.118. The van der Waals surface area contributed by atoms with Crippen LogP contribution in [0.3, 0.4) is 0 Å². The second kappa shape index (κ2) is 9.44. The number of anilines is 1.